The Hall–Kier alpha value is -1.01. The highest BCUT2D eigenvalue weighted by atomic mass is 32.1. The second-order valence-electron chi connectivity index (χ2n) is 4.45. The van der Waals surface area contributed by atoms with Crippen molar-refractivity contribution in [3.63, 3.8) is 0 Å². The van der Waals surface area contributed by atoms with E-state index in [0.717, 1.165) is 41.0 Å². The summed E-state index contributed by atoms with van der Waals surface area (Å²) in [7, 11) is 0. The minimum Gasteiger partial charge on any atom is -0.360 e. The smallest absolute Gasteiger partial charge is 0.206 e. The van der Waals surface area contributed by atoms with Gasteiger partial charge in [-0.1, -0.05) is 38.0 Å². The average molecular weight is 296 g/mol. The van der Waals surface area contributed by atoms with Crippen molar-refractivity contribution in [2.24, 2.45) is 0 Å². The lowest BCUT2D eigenvalue weighted by molar-refractivity contribution is 0.831. The molecule has 0 bridgehead atoms. The fraction of sp³-hybridized carbons (Fsp3) is 0.615. The van der Waals surface area contributed by atoms with E-state index in [9.17, 15) is 0 Å². The van der Waals surface area contributed by atoms with Crippen molar-refractivity contribution in [2.45, 2.75) is 46.5 Å². The van der Waals surface area contributed by atoms with Crippen LogP contribution in [0.1, 0.15) is 43.8 Å². The van der Waals surface area contributed by atoms with Crippen molar-refractivity contribution < 1.29 is 0 Å². The number of hydrogen-bond acceptors (Lipinski definition) is 6. The van der Waals surface area contributed by atoms with Crippen molar-refractivity contribution in [3.8, 4) is 9.88 Å². The summed E-state index contributed by atoms with van der Waals surface area (Å²) >= 11 is 3.34. The second kappa shape index (κ2) is 6.96. The topological polar surface area (TPSA) is 50.7 Å². The minimum atomic E-state index is 0.914. The number of anilines is 1. The molecule has 0 radical (unpaired) electrons. The van der Waals surface area contributed by atoms with E-state index >= 15 is 0 Å². The first kappa shape index (κ1) is 14.4. The van der Waals surface area contributed by atoms with E-state index in [4.69, 9.17) is 0 Å². The van der Waals surface area contributed by atoms with Crippen LogP contribution in [0.15, 0.2) is 0 Å². The summed E-state index contributed by atoms with van der Waals surface area (Å²) in [5, 5.41) is 14.8. The third kappa shape index (κ3) is 3.73. The quantitative estimate of drug-likeness (QED) is 0.780. The van der Waals surface area contributed by atoms with E-state index in [1.807, 2.05) is 0 Å². The van der Waals surface area contributed by atoms with Gasteiger partial charge in [-0.2, -0.15) is 0 Å². The average Bonchev–Trinajstić information content (AvgIpc) is 2.97. The Morgan fingerprint density at radius 3 is 2.68 bits per heavy atom. The summed E-state index contributed by atoms with van der Waals surface area (Å²) in [6.07, 6.45) is 4.47. The van der Waals surface area contributed by atoms with Gasteiger partial charge in [0.1, 0.15) is 0 Å². The van der Waals surface area contributed by atoms with Gasteiger partial charge in [0.15, 0.2) is 5.01 Å². The van der Waals surface area contributed by atoms with Gasteiger partial charge in [-0.3, -0.25) is 0 Å². The molecule has 1 N–H and O–H groups in total. The first-order valence-corrected chi connectivity index (χ1v) is 8.42. The molecular formula is C13H20N4S2. The van der Waals surface area contributed by atoms with Gasteiger partial charge < -0.3 is 5.32 Å². The lowest BCUT2D eigenvalue weighted by Crippen LogP contribution is -1.99. The van der Waals surface area contributed by atoms with Crippen molar-refractivity contribution in [1.29, 1.82) is 0 Å². The zero-order valence-electron chi connectivity index (χ0n) is 11.7. The highest BCUT2D eigenvalue weighted by Crippen LogP contribution is 2.34. The maximum absolute atomic E-state index is 4.60. The minimum absolute atomic E-state index is 0.914. The molecule has 6 heteroatoms. The van der Waals surface area contributed by atoms with Crippen molar-refractivity contribution in [3.05, 3.63) is 10.7 Å². The molecule has 0 amide bonds. The van der Waals surface area contributed by atoms with Gasteiger partial charge in [-0.05, 0) is 19.8 Å². The zero-order chi connectivity index (χ0) is 13.7. The SMILES string of the molecule is CCCCNc1nnc(-c2sc(C)nc2CCC)s1. The largest absolute Gasteiger partial charge is 0.360 e. The summed E-state index contributed by atoms with van der Waals surface area (Å²) in [6.45, 7) is 7.38. The van der Waals surface area contributed by atoms with Gasteiger partial charge in [0.2, 0.25) is 5.13 Å². The molecule has 2 aromatic heterocycles. The summed E-state index contributed by atoms with van der Waals surface area (Å²) in [4.78, 5) is 5.79. The molecule has 0 aliphatic carbocycles. The zero-order valence-corrected chi connectivity index (χ0v) is 13.3. The van der Waals surface area contributed by atoms with Gasteiger partial charge >= 0.3 is 0 Å². The van der Waals surface area contributed by atoms with Crippen LogP contribution < -0.4 is 5.32 Å². The van der Waals surface area contributed by atoms with Gasteiger partial charge in [-0.15, -0.1) is 21.5 Å². The molecule has 19 heavy (non-hydrogen) atoms. The third-order valence-electron chi connectivity index (χ3n) is 2.72. The third-order valence-corrected chi connectivity index (χ3v) is 4.76. The normalized spacial score (nSPS) is 10.9. The molecule has 2 rings (SSSR count). The van der Waals surface area contributed by atoms with Crippen LogP contribution in [0.2, 0.25) is 0 Å². The Morgan fingerprint density at radius 2 is 1.95 bits per heavy atom. The van der Waals surface area contributed by atoms with E-state index in [0.29, 0.717) is 0 Å². The number of thiazole rings is 1. The van der Waals surface area contributed by atoms with E-state index in [1.54, 1.807) is 22.7 Å². The fourth-order valence-corrected chi connectivity index (χ4v) is 3.63. The maximum atomic E-state index is 4.60. The Balaban J connectivity index is 2.13. The van der Waals surface area contributed by atoms with Gasteiger partial charge in [0.05, 0.1) is 15.6 Å². The number of nitrogens with one attached hydrogen (secondary N) is 1. The summed E-state index contributed by atoms with van der Waals surface area (Å²) < 4.78 is 0. The number of aromatic nitrogens is 3. The monoisotopic (exact) mass is 296 g/mol. The van der Waals surface area contributed by atoms with E-state index in [-0.39, 0.29) is 0 Å². The van der Waals surface area contributed by atoms with Crippen molar-refractivity contribution in [1.82, 2.24) is 15.2 Å². The number of aryl methyl sites for hydroxylation is 2. The molecule has 0 saturated heterocycles. The molecule has 104 valence electrons. The van der Waals surface area contributed by atoms with Crippen molar-refractivity contribution >= 4 is 27.8 Å². The summed E-state index contributed by atoms with van der Waals surface area (Å²) in [5.74, 6) is 0. The van der Waals surface area contributed by atoms with E-state index in [1.165, 1.54) is 17.0 Å². The Morgan fingerprint density at radius 1 is 1.11 bits per heavy atom. The standard InChI is InChI=1S/C13H20N4S2/c1-4-6-8-14-13-17-16-12(19-13)11-10(7-5-2)15-9(3)18-11/h4-8H2,1-3H3,(H,14,17). The first-order valence-electron chi connectivity index (χ1n) is 6.78. The van der Waals surface area contributed by atoms with Crippen LogP contribution in [0, 0.1) is 6.92 Å². The summed E-state index contributed by atoms with van der Waals surface area (Å²) in [5.41, 5.74) is 1.17. The first-order chi connectivity index (χ1) is 9.24. The van der Waals surface area contributed by atoms with Crippen LogP contribution in [-0.4, -0.2) is 21.7 Å². The van der Waals surface area contributed by atoms with Gasteiger partial charge in [0, 0.05) is 6.54 Å². The number of nitrogens with zero attached hydrogens (tertiary/aromatic N) is 3. The molecule has 0 aliphatic rings. The molecular weight excluding hydrogens is 276 g/mol. The van der Waals surface area contributed by atoms with Crippen LogP contribution in [0.5, 0.6) is 0 Å². The highest BCUT2D eigenvalue weighted by molar-refractivity contribution is 7.23. The lowest BCUT2D eigenvalue weighted by Gasteiger charge is -1.98. The number of rotatable bonds is 7. The Kier molecular flexibility index (Phi) is 5.27. The number of hydrogen-bond donors (Lipinski definition) is 1. The molecule has 0 unspecified atom stereocenters. The molecule has 0 aliphatic heterocycles. The van der Waals surface area contributed by atoms with Crippen LogP contribution in [0.4, 0.5) is 5.13 Å². The summed E-state index contributed by atoms with van der Waals surface area (Å²) in [6, 6.07) is 0. The second-order valence-corrected chi connectivity index (χ2v) is 6.63. The molecule has 2 aromatic rings. The van der Waals surface area contributed by atoms with Crippen LogP contribution in [-0.2, 0) is 6.42 Å². The molecule has 0 saturated carbocycles. The molecule has 0 aromatic carbocycles. The molecule has 0 spiro atoms. The molecule has 0 fully saturated rings. The Bertz CT molecular complexity index is 518. The Labute approximate surface area is 122 Å². The van der Waals surface area contributed by atoms with Gasteiger partial charge in [0.25, 0.3) is 0 Å². The van der Waals surface area contributed by atoms with Gasteiger partial charge in [-0.25, -0.2) is 4.98 Å². The predicted molar refractivity (Wildman–Crippen MR) is 83.1 cm³/mol. The van der Waals surface area contributed by atoms with Crippen molar-refractivity contribution in [2.75, 3.05) is 11.9 Å². The molecule has 0 atom stereocenters. The predicted octanol–water partition coefficient (Wildman–Crippen LogP) is 4.13. The van der Waals surface area contributed by atoms with E-state index < -0.39 is 0 Å². The van der Waals surface area contributed by atoms with Crippen LogP contribution in [0.3, 0.4) is 0 Å². The molecule has 2 heterocycles. The van der Waals surface area contributed by atoms with E-state index in [2.05, 4.69) is 41.3 Å². The lowest BCUT2D eigenvalue weighted by atomic mass is 10.2. The van der Waals surface area contributed by atoms with Crippen LogP contribution >= 0.6 is 22.7 Å². The maximum Gasteiger partial charge on any atom is 0.206 e. The fourth-order valence-electron chi connectivity index (χ4n) is 1.80. The highest BCUT2D eigenvalue weighted by Gasteiger charge is 2.15. The number of unbranched alkanes of at least 4 members (excludes halogenated alkanes) is 1. The molecule has 4 nitrogen and oxygen atoms in total. The van der Waals surface area contributed by atoms with Crippen LogP contribution in [0.25, 0.3) is 9.88 Å².